The average molecular weight is 188 g/mol. The molecule has 1 aromatic rings. The van der Waals surface area contributed by atoms with Gasteiger partial charge in [-0.3, -0.25) is 5.32 Å². The van der Waals surface area contributed by atoms with Gasteiger partial charge in [0.25, 0.3) is 0 Å². The second-order valence-corrected chi connectivity index (χ2v) is 4.42. The van der Waals surface area contributed by atoms with Crippen LogP contribution in [0.3, 0.4) is 0 Å². The number of anilines is 1. The molecule has 1 fully saturated rings. The summed E-state index contributed by atoms with van der Waals surface area (Å²) in [7, 11) is 0. The zero-order chi connectivity index (χ0) is 9.43. The molecule has 2 N–H and O–H groups in total. The molecule has 1 aromatic carbocycles. The van der Waals surface area contributed by atoms with Crippen LogP contribution in [-0.4, -0.2) is 12.2 Å². The van der Waals surface area contributed by atoms with E-state index in [-0.39, 0.29) is 5.66 Å². The van der Waals surface area contributed by atoms with E-state index >= 15 is 0 Å². The summed E-state index contributed by atoms with van der Waals surface area (Å²) in [6.07, 6.45) is 5.05. The van der Waals surface area contributed by atoms with Gasteiger partial charge in [0.1, 0.15) is 0 Å². The molecular weight excluding hydrogens is 172 g/mol. The second-order valence-electron chi connectivity index (χ2n) is 4.42. The summed E-state index contributed by atoms with van der Waals surface area (Å²) >= 11 is 0. The lowest BCUT2D eigenvalue weighted by molar-refractivity contribution is 0.298. The molecule has 2 nitrogen and oxygen atoms in total. The summed E-state index contributed by atoms with van der Waals surface area (Å²) < 4.78 is 0. The first-order chi connectivity index (χ1) is 6.88. The Morgan fingerprint density at radius 3 is 2.86 bits per heavy atom. The Balaban J connectivity index is 1.89. The summed E-state index contributed by atoms with van der Waals surface area (Å²) in [5.41, 5.74) is 2.96. The molecule has 1 saturated heterocycles. The molecule has 14 heavy (non-hydrogen) atoms. The van der Waals surface area contributed by atoms with Crippen molar-refractivity contribution < 1.29 is 0 Å². The molecule has 0 aromatic heterocycles. The highest BCUT2D eigenvalue weighted by Crippen LogP contribution is 2.34. The number of piperidine rings is 1. The highest BCUT2D eigenvalue weighted by atomic mass is 15.2. The normalized spacial score (nSPS) is 30.0. The summed E-state index contributed by atoms with van der Waals surface area (Å²) in [4.78, 5) is 0. The van der Waals surface area contributed by atoms with E-state index in [0.717, 1.165) is 13.0 Å². The van der Waals surface area contributed by atoms with Crippen molar-refractivity contribution in [1.29, 1.82) is 0 Å². The molecule has 1 atom stereocenters. The zero-order valence-electron chi connectivity index (χ0n) is 8.34. The van der Waals surface area contributed by atoms with Crippen molar-refractivity contribution in [3.05, 3.63) is 29.8 Å². The lowest BCUT2D eigenvalue weighted by Gasteiger charge is -2.35. The van der Waals surface area contributed by atoms with Gasteiger partial charge in [-0.1, -0.05) is 18.2 Å². The average Bonchev–Trinajstić information content (AvgIpc) is 2.56. The molecule has 2 heteroatoms. The number of hydrogen-bond acceptors (Lipinski definition) is 2. The van der Waals surface area contributed by atoms with Gasteiger partial charge in [0.05, 0.1) is 5.66 Å². The number of hydrogen-bond donors (Lipinski definition) is 2. The predicted octanol–water partition coefficient (Wildman–Crippen LogP) is 2.12. The van der Waals surface area contributed by atoms with Crippen LogP contribution in [0.25, 0.3) is 0 Å². The molecule has 74 valence electrons. The molecule has 1 spiro atoms. The first-order valence-corrected chi connectivity index (χ1v) is 5.49. The Bertz CT molecular complexity index is 313. The summed E-state index contributed by atoms with van der Waals surface area (Å²) in [5, 5.41) is 7.27. The van der Waals surface area contributed by atoms with Gasteiger partial charge in [0.15, 0.2) is 0 Å². The van der Waals surface area contributed by atoms with Gasteiger partial charge < -0.3 is 5.32 Å². The van der Waals surface area contributed by atoms with Crippen molar-refractivity contribution in [3.8, 4) is 0 Å². The molecular formula is C12H16N2. The molecule has 0 aliphatic carbocycles. The molecule has 0 amide bonds. The van der Waals surface area contributed by atoms with E-state index in [9.17, 15) is 0 Å². The third kappa shape index (κ3) is 1.22. The Labute approximate surface area is 84.7 Å². The minimum atomic E-state index is 0.182. The lowest BCUT2D eigenvalue weighted by Crippen LogP contribution is -2.53. The Morgan fingerprint density at radius 2 is 2.07 bits per heavy atom. The van der Waals surface area contributed by atoms with Crippen LogP contribution in [0.2, 0.25) is 0 Å². The minimum Gasteiger partial charge on any atom is -0.367 e. The maximum Gasteiger partial charge on any atom is 0.0923 e. The maximum absolute atomic E-state index is 3.64. The molecule has 0 radical (unpaired) electrons. The Morgan fingerprint density at radius 1 is 1.14 bits per heavy atom. The van der Waals surface area contributed by atoms with Crippen molar-refractivity contribution in [3.63, 3.8) is 0 Å². The van der Waals surface area contributed by atoms with E-state index in [4.69, 9.17) is 0 Å². The van der Waals surface area contributed by atoms with Gasteiger partial charge in [-0.05, 0) is 37.4 Å². The van der Waals surface area contributed by atoms with Gasteiger partial charge >= 0.3 is 0 Å². The SMILES string of the molecule is c1ccc2c(c1)CC1(CCCCN1)N2. The fourth-order valence-electron chi connectivity index (χ4n) is 2.65. The molecule has 2 aliphatic rings. The van der Waals surface area contributed by atoms with Crippen LogP contribution >= 0.6 is 0 Å². The Kier molecular flexibility index (Phi) is 1.77. The summed E-state index contributed by atoms with van der Waals surface area (Å²) in [6.45, 7) is 1.15. The predicted molar refractivity (Wildman–Crippen MR) is 58.4 cm³/mol. The molecule has 1 unspecified atom stereocenters. The van der Waals surface area contributed by atoms with Gasteiger partial charge in [0, 0.05) is 12.1 Å². The van der Waals surface area contributed by atoms with Crippen LogP contribution in [-0.2, 0) is 6.42 Å². The first kappa shape index (κ1) is 8.30. The van der Waals surface area contributed by atoms with Crippen LogP contribution in [0, 0.1) is 0 Å². The summed E-state index contributed by atoms with van der Waals surface area (Å²) in [6, 6.07) is 8.64. The van der Waals surface area contributed by atoms with E-state index in [1.54, 1.807) is 0 Å². The maximum atomic E-state index is 3.64. The highest BCUT2D eigenvalue weighted by Gasteiger charge is 2.36. The fourth-order valence-corrected chi connectivity index (χ4v) is 2.65. The second kappa shape index (κ2) is 2.99. The first-order valence-electron chi connectivity index (χ1n) is 5.49. The fraction of sp³-hybridized carbons (Fsp3) is 0.500. The van der Waals surface area contributed by atoms with Gasteiger partial charge in [-0.25, -0.2) is 0 Å². The molecule has 3 rings (SSSR count). The van der Waals surface area contributed by atoms with E-state index in [2.05, 4.69) is 34.9 Å². The topological polar surface area (TPSA) is 24.1 Å². The van der Waals surface area contributed by atoms with Crippen molar-refractivity contribution in [1.82, 2.24) is 5.32 Å². The summed E-state index contributed by atoms with van der Waals surface area (Å²) in [5.74, 6) is 0. The van der Waals surface area contributed by atoms with Gasteiger partial charge in [-0.15, -0.1) is 0 Å². The number of para-hydroxylation sites is 1. The smallest absolute Gasteiger partial charge is 0.0923 e. The molecule has 2 aliphatic heterocycles. The van der Waals surface area contributed by atoms with E-state index in [1.165, 1.54) is 30.5 Å². The highest BCUT2D eigenvalue weighted by molar-refractivity contribution is 5.58. The van der Waals surface area contributed by atoms with Crippen LogP contribution in [0.4, 0.5) is 5.69 Å². The van der Waals surface area contributed by atoms with Crippen molar-refractivity contribution in [2.24, 2.45) is 0 Å². The number of benzene rings is 1. The van der Waals surface area contributed by atoms with Gasteiger partial charge in [-0.2, -0.15) is 0 Å². The number of fused-ring (bicyclic) bond motifs is 1. The van der Waals surface area contributed by atoms with Crippen molar-refractivity contribution in [2.45, 2.75) is 31.3 Å². The zero-order valence-corrected chi connectivity index (χ0v) is 8.34. The van der Waals surface area contributed by atoms with Crippen molar-refractivity contribution >= 4 is 5.69 Å². The van der Waals surface area contributed by atoms with Gasteiger partial charge in [0.2, 0.25) is 0 Å². The van der Waals surface area contributed by atoms with Crippen LogP contribution < -0.4 is 10.6 Å². The van der Waals surface area contributed by atoms with Crippen LogP contribution in [0.1, 0.15) is 24.8 Å². The molecule has 0 bridgehead atoms. The van der Waals surface area contributed by atoms with E-state index in [1.807, 2.05) is 0 Å². The number of nitrogens with one attached hydrogen (secondary N) is 2. The largest absolute Gasteiger partial charge is 0.367 e. The Hall–Kier alpha value is -1.02. The molecule has 2 heterocycles. The molecule has 0 saturated carbocycles. The third-order valence-corrected chi connectivity index (χ3v) is 3.38. The quantitative estimate of drug-likeness (QED) is 0.651. The third-order valence-electron chi connectivity index (χ3n) is 3.38. The van der Waals surface area contributed by atoms with Crippen molar-refractivity contribution in [2.75, 3.05) is 11.9 Å². The standard InChI is InChI=1S/C12H16N2/c1-2-6-11-10(5-1)9-12(14-11)7-3-4-8-13-12/h1-2,5-6,13-14H,3-4,7-9H2. The lowest BCUT2D eigenvalue weighted by atomic mass is 9.94. The van der Waals surface area contributed by atoms with E-state index < -0.39 is 0 Å². The van der Waals surface area contributed by atoms with E-state index in [0.29, 0.717) is 0 Å². The minimum absolute atomic E-state index is 0.182. The number of rotatable bonds is 0. The van der Waals surface area contributed by atoms with Crippen LogP contribution in [0.5, 0.6) is 0 Å². The van der Waals surface area contributed by atoms with Crippen LogP contribution in [0.15, 0.2) is 24.3 Å². The monoisotopic (exact) mass is 188 g/mol.